The molecule has 1 aromatic carbocycles. The molecule has 0 aliphatic heterocycles. The zero-order valence-electron chi connectivity index (χ0n) is 10.5. The summed E-state index contributed by atoms with van der Waals surface area (Å²) in [5.41, 5.74) is 0.968. The van der Waals surface area contributed by atoms with Crippen LogP contribution in [0, 0.1) is 0 Å². The maximum Gasteiger partial charge on any atom is 0.138 e. The van der Waals surface area contributed by atoms with Crippen LogP contribution in [-0.2, 0) is 0 Å². The number of hydrogen-bond donors (Lipinski definition) is 2. The molecule has 0 amide bonds. The first-order valence-corrected chi connectivity index (χ1v) is 6.26. The van der Waals surface area contributed by atoms with Crippen LogP contribution in [0.5, 0.6) is 5.75 Å². The number of aliphatic hydroxyl groups excluding tert-OH is 1. The van der Waals surface area contributed by atoms with Crippen LogP contribution in [0.15, 0.2) is 18.2 Å². The summed E-state index contributed by atoms with van der Waals surface area (Å²) in [6, 6.07) is 5.53. The number of ether oxygens (including phenoxy) is 1. The molecule has 0 aliphatic carbocycles. The van der Waals surface area contributed by atoms with E-state index < -0.39 is 0 Å². The van der Waals surface area contributed by atoms with Crippen molar-refractivity contribution in [3.05, 3.63) is 28.8 Å². The van der Waals surface area contributed by atoms with Crippen LogP contribution in [0.2, 0.25) is 5.02 Å². The van der Waals surface area contributed by atoms with E-state index in [0.29, 0.717) is 10.8 Å². The standard InChI is InChI=1S/C13H20ClNO2/c1-4-15-12(8-16)10-5-6-13(11(14)7-10)17-9(2)3/h5-7,9,12,15-16H,4,8H2,1-3H3. The highest BCUT2D eigenvalue weighted by Gasteiger charge is 2.11. The molecule has 1 rings (SSSR count). The van der Waals surface area contributed by atoms with E-state index in [1.807, 2.05) is 39.0 Å². The molecule has 96 valence electrons. The third kappa shape index (κ3) is 4.19. The predicted molar refractivity (Wildman–Crippen MR) is 70.7 cm³/mol. The molecular formula is C13H20ClNO2. The van der Waals surface area contributed by atoms with Gasteiger partial charge in [-0.2, -0.15) is 0 Å². The first kappa shape index (κ1) is 14.3. The van der Waals surface area contributed by atoms with Crippen molar-refractivity contribution in [1.82, 2.24) is 5.32 Å². The number of nitrogens with one attached hydrogen (secondary N) is 1. The number of halogens is 1. The normalized spacial score (nSPS) is 12.8. The number of hydrogen-bond acceptors (Lipinski definition) is 3. The molecule has 17 heavy (non-hydrogen) atoms. The van der Waals surface area contributed by atoms with Gasteiger partial charge in [0.1, 0.15) is 5.75 Å². The van der Waals surface area contributed by atoms with Gasteiger partial charge in [-0.1, -0.05) is 24.6 Å². The van der Waals surface area contributed by atoms with E-state index >= 15 is 0 Å². The lowest BCUT2D eigenvalue weighted by Gasteiger charge is -2.17. The average molecular weight is 258 g/mol. The zero-order chi connectivity index (χ0) is 12.8. The minimum absolute atomic E-state index is 0.0502. The highest BCUT2D eigenvalue weighted by atomic mass is 35.5. The molecule has 0 spiro atoms. The van der Waals surface area contributed by atoms with Crippen LogP contribution in [0.3, 0.4) is 0 Å². The van der Waals surface area contributed by atoms with Gasteiger partial charge < -0.3 is 15.2 Å². The number of aliphatic hydroxyl groups is 1. The molecule has 0 saturated heterocycles. The van der Waals surface area contributed by atoms with E-state index in [0.717, 1.165) is 12.1 Å². The summed E-state index contributed by atoms with van der Waals surface area (Å²) < 4.78 is 5.56. The van der Waals surface area contributed by atoms with Crippen LogP contribution < -0.4 is 10.1 Å². The highest BCUT2D eigenvalue weighted by molar-refractivity contribution is 6.32. The lowest BCUT2D eigenvalue weighted by atomic mass is 10.1. The van der Waals surface area contributed by atoms with Crippen LogP contribution >= 0.6 is 11.6 Å². The van der Waals surface area contributed by atoms with Gasteiger partial charge in [0, 0.05) is 0 Å². The summed E-state index contributed by atoms with van der Waals surface area (Å²) in [5.74, 6) is 0.679. The molecule has 0 radical (unpaired) electrons. The van der Waals surface area contributed by atoms with Gasteiger partial charge in [-0.25, -0.2) is 0 Å². The quantitative estimate of drug-likeness (QED) is 0.824. The maximum absolute atomic E-state index is 9.28. The number of benzene rings is 1. The summed E-state index contributed by atoms with van der Waals surface area (Å²) >= 11 is 6.14. The highest BCUT2D eigenvalue weighted by Crippen LogP contribution is 2.28. The third-order valence-electron chi connectivity index (χ3n) is 2.35. The molecule has 0 saturated carbocycles. The van der Waals surface area contributed by atoms with Crippen molar-refractivity contribution < 1.29 is 9.84 Å². The Morgan fingerprint density at radius 3 is 2.59 bits per heavy atom. The summed E-state index contributed by atoms with van der Waals surface area (Å²) in [4.78, 5) is 0. The van der Waals surface area contributed by atoms with Crippen LogP contribution in [0.4, 0.5) is 0 Å². The van der Waals surface area contributed by atoms with Gasteiger partial charge in [0.05, 0.1) is 23.8 Å². The van der Waals surface area contributed by atoms with Gasteiger partial charge in [-0.15, -0.1) is 0 Å². The fourth-order valence-electron chi connectivity index (χ4n) is 1.62. The first-order valence-electron chi connectivity index (χ1n) is 5.88. The summed E-state index contributed by atoms with van der Waals surface area (Å²) in [6.07, 6.45) is 0.0979. The fraction of sp³-hybridized carbons (Fsp3) is 0.538. The molecule has 1 aromatic rings. The molecular weight excluding hydrogens is 238 g/mol. The van der Waals surface area contributed by atoms with Crippen molar-refractivity contribution in [2.45, 2.75) is 32.9 Å². The topological polar surface area (TPSA) is 41.5 Å². The fourth-order valence-corrected chi connectivity index (χ4v) is 1.85. The lowest BCUT2D eigenvalue weighted by molar-refractivity contribution is 0.240. The molecule has 0 aliphatic rings. The van der Waals surface area contributed by atoms with Gasteiger partial charge in [0.25, 0.3) is 0 Å². The summed E-state index contributed by atoms with van der Waals surface area (Å²) in [6.45, 7) is 6.76. The molecule has 1 unspecified atom stereocenters. The Morgan fingerprint density at radius 2 is 2.12 bits per heavy atom. The SMILES string of the molecule is CCNC(CO)c1ccc(OC(C)C)c(Cl)c1. The van der Waals surface area contributed by atoms with Crippen molar-refractivity contribution in [3.8, 4) is 5.75 Å². The molecule has 3 nitrogen and oxygen atoms in total. The molecule has 2 N–H and O–H groups in total. The molecule has 4 heteroatoms. The summed E-state index contributed by atoms with van der Waals surface area (Å²) in [5, 5.41) is 13.0. The van der Waals surface area contributed by atoms with E-state index in [4.69, 9.17) is 16.3 Å². The molecule has 0 fully saturated rings. The largest absolute Gasteiger partial charge is 0.489 e. The summed E-state index contributed by atoms with van der Waals surface area (Å²) in [7, 11) is 0. The van der Waals surface area contributed by atoms with Gasteiger partial charge in [-0.05, 0) is 38.1 Å². The van der Waals surface area contributed by atoms with Gasteiger partial charge in [0.15, 0.2) is 0 Å². The van der Waals surface area contributed by atoms with E-state index in [1.54, 1.807) is 0 Å². The van der Waals surface area contributed by atoms with E-state index in [2.05, 4.69) is 5.32 Å². The lowest BCUT2D eigenvalue weighted by Crippen LogP contribution is -2.23. The Kier molecular flexibility index (Phi) is 5.75. The second kappa shape index (κ2) is 6.84. The van der Waals surface area contributed by atoms with E-state index in [-0.39, 0.29) is 18.8 Å². The number of rotatable bonds is 6. The zero-order valence-corrected chi connectivity index (χ0v) is 11.3. The Bertz CT molecular complexity index is 355. The van der Waals surface area contributed by atoms with Crippen LogP contribution in [0.25, 0.3) is 0 Å². The van der Waals surface area contributed by atoms with Gasteiger partial charge >= 0.3 is 0 Å². The minimum atomic E-state index is -0.0781. The Labute approximate surface area is 108 Å². The molecule has 0 aromatic heterocycles. The molecule has 1 atom stereocenters. The maximum atomic E-state index is 9.28. The van der Waals surface area contributed by atoms with Crippen LogP contribution in [0.1, 0.15) is 32.4 Å². The first-order chi connectivity index (χ1) is 8.08. The molecule has 0 bridgehead atoms. The Hall–Kier alpha value is -0.770. The van der Waals surface area contributed by atoms with E-state index in [1.165, 1.54) is 0 Å². The minimum Gasteiger partial charge on any atom is -0.489 e. The van der Waals surface area contributed by atoms with Gasteiger partial charge in [0.2, 0.25) is 0 Å². The second-order valence-corrected chi connectivity index (χ2v) is 4.56. The van der Waals surface area contributed by atoms with Crippen molar-refractivity contribution in [3.63, 3.8) is 0 Å². The third-order valence-corrected chi connectivity index (χ3v) is 2.65. The monoisotopic (exact) mass is 257 g/mol. The number of likely N-dealkylation sites (N-methyl/N-ethyl adjacent to an activating group) is 1. The van der Waals surface area contributed by atoms with Crippen molar-refractivity contribution >= 4 is 11.6 Å². The predicted octanol–water partition coefficient (Wildman–Crippen LogP) is 2.77. The Morgan fingerprint density at radius 1 is 1.41 bits per heavy atom. The second-order valence-electron chi connectivity index (χ2n) is 4.15. The van der Waals surface area contributed by atoms with Crippen molar-refractivity contribution in [1.29, 1.82) is 0 Å². The molecule has 0 heterocycles. The van der Waals surface area contributed by atoms with Gasteiger partial charge in [-0.3, -0.25) is 0 Å². The smallest absolute Gasteiger partial charge is 0.138 e. The van der Waals surface area contributed by atoms with Crippen LogP contribution in [-0.4, -0.2) is 24.4 Å². The van der Waals surface area contributed by atoms with Crippen molar-refractivity contribution in [2.24, 2.45) is 0 Å². The van der Waals surface area contributed by atoms with Crippen molar-refractivity contribution in [2.75, 3.05) is 13.2 Å². The Balaban J connectivity index is 2.86. The average Bonchev–Trinajstić information content (AvgIpc) is 2.28. The van der Waals surface area contributed by atoms with E-state index in [9.17, 15) is 5.11 Å².